The van der Waals surface area contributed by atoms with E-state index in [1.54, 1.807) is 6.07 Å². The van der Waals surface area contributed by atoms with Crippen LogP contribution < -0.4 is 5.43 Å². The van der Waals surface area contributed by atoms with Gasteiger partial charge in [0.25, 0.3) is 0 Å². The van der Waals surface area contributed by atoms with Crippen LogP contribution in [0.1, 0.15) is 18.4 Å². The molecule has 2 aromatic rings. The molecule has 1 heterocycles. The first-order valence-corrected chi connectivity index (χ1v) is 6.65. The first-order valence-electron chi connectivity index (χ1n) is 6.65. The van der Waals surface area contributed by atoms with Gasteiger partial charge in [0.1, 0.15) is 17.5 Å². The molecule has 0 atom stereocenters. The standard InChI is InChI=1S/C16H11F3N2O/c17-10-2-4-12(14(19)8-10)11-3-1-9(7-13(11)18)15-5-6-16(22)21-20-15/h1-4,7-8H,5-6H2,(H,21,22). The van der Waals surface area contributed by atoms with Crippen LogP contribution in [0, 0.1) is 17.5 Å². The molecule has 112 valence electrons. The number of amides is 1. The fraction of sp³-hybridized carbons (Fsp3) is 0.125. The summed E-state index contributed by atoms with van der Waals surface area (Å²) in [5, 5.41) is 3.88. The van der Waals surface area contributed by atoms with Gasteiger partial charge in [-0.3, -0.25) is 4.79 Å². The van der Waals surface area contributed by atoms with E-state index in [-0.39, 0.29) is 23.5 Å². The lowest BCUT2D eigenvalue weighted by Gasteiger charge is -2.13. The molecule has 0 spiro atoms. The van der Waals surface area contributed by atoms with Gasteiger partial charge in [-0.2, -0.15) is 5.10 Å². The van der Waals surface area contributed by atoms with Gasteiger partial charge in [0.2, 0.25) is 5.91 Å². The number of halogens is 3. The van der Waals surface area contributed by atoms with Crippen molar-refractivity contribution >= 4 is 11.6 Å². The van der Waals surface area contributed by atoms with Crippen LogP contribution in [0.4, 0.5) is 13.2 Å². The summed E-state index contributed by atoms with van der Waals surface area (Å²) in [7, 11) is 0. The van der Waals surface area contributed by atoms with E-state index in [0.29, 0.717) is 23.8 Å². The van der Waals surface area contributed by atoms with Crippen molar-refractivity contribution in [2.75, 3.05) is 0 Å². The number of hydrogen-bond acceptors (Lipinski definition) is 2. The quantitative estimate of drug-likeness (QED) is 0.908. The zero-order valence-corrected chi connectivity index (χ0v) is 11.4. The molecular formula is C16H11F3N2O. The molecule has 0 fully saturated rings. The van der Waals surface area contributed by atoms with Crippen LogP contribution >= 0.6 is 0 Å². The average Bonchev–Trinajstić information content (AvgIpc) is 2.49. The molecule has 6 heteroatoms. The summed E-state index contributed by atoms with van der Waals surface area (Å²) < 4.78 is 40.9. The van der Waals surface area contributed by atoms with Crippen LogP contribution in [-0.4, -0.2) is 11.6 Å². The molecule has 0 unspecified atom stereocenters. The Labute approximate surface area is 124 Å². The molecule has 1 amide bonds. The Balaban J connectivity index is 1.97. The summed E-state index contributed by atoms with van der Waals surface area (Å²) in [6, 6.07) is 7.23. The highest BCUT2D eigenvalue weighted by Gasteiger charge is 2.16. The van der Waals surface area contributed by atoms with Gasteiger partial charge in [-0.25, -0.2) is 18.6 Å². The van der Waals surface area contributed by atoms with Crippen LogP contribution in [-0.2, 0) is 4.79 Å². The Kier molecular flexibility index (Phi) is 3.66. The van der Waals surface area contributed by atoms with Crippen molar-refractivity contribution < 1.29 is 18.0 Å². The molecule has 0 saturated heterocycles. The fourth-order valence-electron chi connectivity index (χ4n) is 2.30. The van der Waals surface area contributed by atoms with E-state index in [0.717, 1.165) is 6.07 Å². The molecular weight excluding hydrogens is 293 g/mol. The fourth-order valence-corrected chi connectivity index (χ4v) is 2.30. The third-order valence-electron chi connectivity index (χ3n) is 3.43. The van der Waals surface area contributed by atoms with Crippen LogP contribution in [0.3, 0.4) is 0 Å². The van der Waals surface area contributed by atoms with E-state index in [4.69, 9.17) is 0 Å². The zero-order chi connectivity index (χ0) is 15.7. The van der Waals surface area contributed by atoms with Crippen molar-refractivity contribution in [1.29, 1.82) is 0 Å². The minimum atomic E-state index is -0.825. The van der Waals surface area contributed by atoms with Crippen LogP contribution in [0.25, 0.3) is 11.1 Å². The van der Waals surface area contributed by atoms with Gasteiger partial charge in [-0.15, -0.1) is 0 Å². The van der Waals surface area contributed by atoms with Gasteiger partial charge in [0.05, 0.1) is 5.71 Å². The maximum Gasteiger partial charge on any atom is 0.240 e. The molecule has 1 aliphatic rings. The van der Waals surface area contributed by atoms with Crippen LogP contribution in [0.2, 0.25) is 0 Å². The molecule has 0 bridgehead atoms. The maximum absolute atomic E-state index is 14.2. The van der Waals surface area contributed by atoms with E-state index in [9.17, 15) is 18.0 Å². The second kappa shape index (κ2) is 5.63. The Morgan fingerprint density at radius 2 is 1.59 bits per heavy atom. The van der Waals surface area contributed by atoms with Gasteiger partial charge >= 0.3 is 0 Å². The Morgan fingerprint density at radius 3 is 2.18 bits per heavy atom. The van der Waals surface area contributed by atoms with Crippen molar-refractivity contribution in [2.45, 2.75) is 12.8 Å². The van der Waals surface area contributed by atoms with Gasteiger partial charge < -0.3 is 0 Å². The summed E-state index contributed by atoms with van der Waals surface area (Å²) in [5.41, 5.74) is 3.45. The molecule has 2 aromatic carbocycles. The SMILES string of the molecule is O=C1CCC(c2ccc(-c3ccc(F)cc3F)c(F)c2)=NN1. The lowest BCUT2D eigenvalue weighted by Crippen LogP contribution is -2.25. The summed E-state index contributed by atoms with van der Waals surface area (Å²) in [5.74, 6) is -2.36. The topological polar surface area (TPSA) is 41.5 Å². The molecule has 3 rings (SSSR count). The van der Waals surface area contributed by atoms with Crippen molar-refractivity contribution in [1.82, 2.24) is 5.43 Å². The van der Waals surface area contributed by atoms with Crippen molar-refractivity contribution in [3.05, 3.63) is 59.4 Å². The first-order chi connectivity index (χ1) is 10.5. The summed E-state index contributed by atoms with van der Waals surface area (Å²) >= 11 is 0. The number of hydrogen-bond donors (Lipinski definition) is 1. The lowest BCUT2D eigenvalue weighted by atomic mass is 9.99. The second-order valence-corrected chi connectivity index (χ2v) is 4.91. The molecule has 0 radical (unpaired) electrons. The average molecular weight is 304 g/mol. The molecule has 0 aromatic heterocycles. The lowest BCUT2D eigenvalue weighted by molar-refractivity contribution is -0.121. The van der Waals surface area contributed by atoms with Gasteiger partial charge in [-0.1, -0.05) is 12.1 Å². The molecule has 0 saturated carbocycles. The third kappa shape index (κ3) is 2.72. The van der Waals surface area contributed by atoms with Crippen molar-refractivity contribution in [3.63, 3.8) is 0 Å². The molecule has 1 N–H and O–H groups in total. The van der Waals surface area contributed by atoms with Crippen LogP contribution in [0.15, 0.2) is 41.5 Å². The molecule has 0 aliphatic carbocycles. The summed E-state index contributed by atoms with van der Waals surface area (Å²) in [6.07, 6.45) is 0.699. The largest absolute Gasteiger partial charge is 0.273 e. The molecule has 3 nitrogen and oxygen atoms in total. The number of nitrogens with zero attached hydrogens (tertiary/aromatic N) is 1. The second-order valence-electron chi connectivity index (χ2n) is 4.91. The summed E-state index contributed by atoms with van der Waals surface area (Å²) in [6.45, 7) is 0. The zero-order valence-electron chi connectivity index (χ0n) is 11.4. The first kappa shape index (κ1) is 14.3. The highest BCUT2D eigenvalue weighted by Crippen LogP contribution is 2.27. The monoisotopic (exact) mass is 304 g/mol. The Morgan fingerprint density at radius 1 is 0.909 bits per heavy atom. The minimum absolute atomic E-state index is 0.00987. The highest BCUT2D eigenvalue weighted by molar-refractivity contribution is 6.04. The smallest absolute Gasteiger partial charge is 0.240 e. The van der Waals surface area contributed by atoms with E-state index in [2.05, 4.69) is 10.5 Å². The van der Waals surface area contributed by atoms with E-state index < -0.39 is 17.5 Å². The highest BCUT2D eigenvalue weighted by atomic mass is 19.1. The number of carbonyl (C=O) groups is 1. The number of benzene rings is 2. The summed E-state index contributed by atoms with van der Waals surface area (Å²) in [4.78, 5) is 11.0. The van der Waals surface area contributed by atoms with Gasteiger partial charge in [0.15, 0.2) is 0 Å². The third-order valence-corrected chi connectivity index (χ3v) is 3.43. The normalized spacial score (nSPS) is 14.5. The van der Waals surface area contributed by atoms with Crippen LogP contribution in [0.5, 0.6) is 0 Å². The number of carbonyl (C=O) groups excluding carboxylic acids is 1. The molecule has 1 aliphatic heterocycles. The Bertz CT molecular complexity index is 787. The Hall–Kier alpha value is -2.63. The predicted octanol–water partition coefficient (Wildman–Crippen LogP) is 3.39. The number of hydrazone groups is 1. The maximum atomic E-state index is 14.2. The van der Waals surface area contributed by atoms with Crippen molar-refractivity contribution in [2.24, 2.45) is 5.10 Å². The van der Waals surface area contributed by atoms with E-state index >= 15 is 0 Å². The van der Waals surface area contributed by atoms with E-state index in [1.165, 1.54) is 18.2 Å². The number of nitrogens with one attached hydrogen (secondary N) is 1. The van der Waals surface area contributed by atoms with Crippen molar-refractivity contribution in [3.8, 4) is 11.1 Å². The number of rotatable bonds is 2. The predicted molar refractivity (Wildman–Crippen MR) is 75.7 cm³/mol. The van der Waals surface area contributed by atoms with Gasteiger partial charge in [0, 0.05) is 35.6 Å². The van der Waals surface area contributed by atoms with E-state index in [1.807, 2.05) is 0 Å². The minimum Gasteiger partial charge on any atom is -0.273 e. The van der Waals surface area contributed by atoms with Gasteiger partial charge in [-0.05, 0) is 18.2 Å². The molecule has 22 heavy (non-hydrogen) atoms.